The van der Waals surface area contributed by atoms with E-state index in [1.54, 1.807) is 42.5 Å². The quantitative estimate of drug-likeness (QED) is 0.584. The van der Waals surface area contributed by atoms with Crippen molar-refractivity contribution in [3.8, 4) is 6.07 Å². The third-order valence-electron chi connectivity index (χ3n) is 2.75. The lowest BCUT2D eigenvalue weighted by Crippen LogP contribution is -2.14. The van der Waals surface area contributed by atoms with Gasteiger partial charge in [0, 0.05) is 22.6 Å². The highest BCUT2D eigenvalue weighted by atomic mass is 35.5. The smallest absolute Gasteiger partial charge is 0.267 e. The minimum atomic E-state index is -0.553. The summed E-state index contributed by atoms with van der Waals surface area (Å²) in [6.07, 6.45) is 1.29. The fourth-order valence-corrected chi connectivity index (χ4v) is 2.14. The van der Waals surface area contributed by atoms with Gasteiger partial charge in [-0.2, -0.15) is 5.26 Å². The first-order valence-electron chi connectivity index (χ1n) is 6.38. The lowest BCUT2D eigenvalue weighted by Gasteiger charge is -2.06. The van der Waals surface area contributed by atoms with Gasteiger partial charge in [-0.15, -0.1) is 0 Å². The van der Waals surface area contributed by atoms with Crippen LogP contribution >= 0.6 is 34.8 Å². The van der Waals surface area contributed by atoms with Crippen molar-refractivity contribution in [1.82, 2.24) is 0 Å². The molecule has 2 aromatic rings. The molecule has 0 heterocycles. The number of hydrogen-bond donors (Lipinski definition) is 2. The van der Waals surface area contributed by atoms with Crippen molar-refractivity contribution in [2.75, 3.05) is 10.6 Å². The maximum absolute atomic E-state index is 12.1. The first-order chi connectivity index (χ1) is 11.0. The Kier molecular flexibility index (Phi) is 5.89. The Morgan fingerprint density at radius 1 is 1.04 bits per heavy atom. The van der Waals surface area contributed by atoms with E-state index in [4.69, 9.17) is 40.1 Å². The predicted molar refractivity (Wildman–Crippen MR) is 93.9 cm³/mol. The molecule has 2 aromatic carbocycles. The highest BCUT2D eigenvalue weighted by Crippen LogP contribution is 2.25. The van der Waals surface area contributed by atoms with Crippen molar-refractivity contribution in [2.24, 2.45) is 0 Å². The van der Waals surface area contributed by atoms with Gasteiger partial charge in [-0.05, 0) is 36.4 Å². The zero-order valence-corrected chi connectivity index (χ0v) is 13.9. The first-order valence-corrected chi connectivity index (χ1v) is 7.52. The Morgan fingerprint density at radius 2 is 1.83 bits per heavy atom. The van der Waals surface area contributed by atoms with E-state index in [1.165, 1.54) is 6.20 Å². The molecule has 23 heavy (non-hydrogen) atoms. The van der Waals surface area contributed by atoms with Crippen LogP contribution in [-0.4, -0.2) is 5.91 Å². The number of carbonyl (C=O) groups excluding carboxylic acids is 1. The van der Waals surface area contributed by atoms with Crippen LogP contribution in [0.2, 0.25) is 15.1 Å². The van der Waals surface area contributed by atoms with Crippen LogP contribution in [0.5, 0.6) is 0 Å². The normalized spacial score (nSPS) is 10.8. The molecule has 2 rings (SSSR count). The maximum Gasteiger partial charge on any atom is 0.267 e. The molecule has 0 aliphatic carbocycles. The van der Waals surface area contributed by atoms with Crippen LogP contribution in [0.15, 0.2) is 54.2 Å². The molecule has 7 heteroatoms. The maximum atomic E-state index is 12.1. The predicted octanol–water partition coefficient (Wildman–Crippen LogP) is 5.10. The van der Waals surface area contributed by atoms with Crippen molar-refractivity contribution in [2.45, 2.75) is 0 Å². The second-order valence-corrected chi connectivity index (χ2v) is 5.66. The Balaban J connectivity index is 2.10. The number of nitrogens with zero attached hydrogens (tertiary/aromatic N) is 1. The number of benzene rings is 2. The van der Waals surface area contributed by atoms with Gasteiger partial charge < -0.3 is 10.6 Å². The third-order valence-corrected chi connectivity index (χ3v) is 3.72. The van der Waals surface area contributed by atoms with E-state index < -0.39 is 5.91 Å². The van der Waals surface area contributed by atoms with Gasteiger partial charge in [0.05, 0.1) is 10.0 Å². The highest BCUT2D eigenvalue weighted by Gasteiger charge is 2.09. The lowest BCUT2D eigenvalue weighted by atomic mass is 10.2. The average molecular weight is 367 g/mol. The molecule has 1 amide bonds. The summed E-state index contributed by atoms with van der Waals surface area (Å²) < 4.78 is 0. The molecular formula is C16H10Cl3N3O. The molecule has 0 aliphatic heterocycles. The lowest BCUT2D eigenvalue weighted by molar-refractivity contribution is -0.112. The van der Waals surface area contributed by atoms with Gasteiger partial charge in [-0.25, -0.2) is 0 Å². The molecule has 2 N–H and O–H groups in total. The van der Waals surface area contributed by atoms with Gasteiger partial charge in [-0.3, -0.25) is 4.79 Å². The Morgan fingerprint density at radius 3 is 2.48 bits per heavy atom. The second-order valence-electron chi connectivity index (χ2n) is 4.41. The Bertz CT molecular complexity index is 812. The number of hydrogen-bond acceptors (Lipinski definition) is 3. The van der Waals surface area contributed by atoms with Gasteiger partial charge >= 0.3 is 0 Å². The highest BCUT2D eigenvalue weighted by molar-refractivity contribution is 6.42. The van der Waals surface area contributed by atoms with Crippen LogP contribution < -0.4 is 10.6 Å². The minimum Gasteiger partial charge on any atom is -0.360 e. The molecule has 0 saturated heterocycles. The van der Waals surface area contributed by atoms with E-state index in [2.05, 4.69) is 10.6 Å². The number of rotatable bonds is 4. The first kappa shape index (κ1) is 17.2. The molecule has 0 fully saturated rings. The molecule has 0 unspecified atom stereocenters. The standard InChI is InChI=1S/C16H10Cl3N3O/c17-11-2-1-3-13(6-11)22-16(23)10(8-20)9-21-12-4-5-14(18)15(19)7-12/h1-7,9,21H,(H,22,23). The van der Waals surface area contributed by atoms with Crippen LogP contribution in [0.1, 0.15) is 0 Å². The number of anilines is 2. The van der Waals surface area contributed by atoms with Gasteiger partial charge in [0.25, 0.3) is 5.91 Å². The van der Waals surface area contributed by atoms with Crippen molar-refractivity contribution in [1.29, 1.82) is 5.26 Å². The molecule has 4 nitrogen and oxygen atoms in total. The van der Waals surface area contributed by atoms with Crippen LogP contribution in [0, 0.1) is 11.3 Å². The summed E-state index contributed by atoms with van der Waals surface area (Å²) in [6, 6.07) is 13.3. The Hall–Kier alpha value is -2.19. The number of halogens is 3. The zero-order chi connectivity index (χ0) is 16.8. The summed E-state index contributed by atoms with van der Waals surface area (Å²) in [4.78, 5) is 12.1. The molecular weight excluding hydrogens is 357 g/mol. The van der Waals surface area contributed by atoms with Gasteiger partial charge in [0.15, 0.2) is 0 Å². The number of carbonyl (C=O) groups is 1. The summed E-state index contributed by atoms with van der Waals surface area (Å²) in [5.74, 6) is -0.553. The minimum absolute atomic E-state index is 0.101. The van der Waals surface area contributed by atoms with Gasteiger partial charge in [0.1, 0.15) is 11.6 Å². The number of nitriles is 1. The van der Waals surface area contributed by atoms with E-state index in [-0.39, 0.29) is 5.57 Å². The molecule has 0 bridgehead atoms. The molecule has 0 atom stereocenters. The molecule has 116 valence electrons. The van der Waals surface area contributed by atoms with E-state index in [1.807, 2.05) is 6.07 Å². The van der Waals surface area contributed by atoms with Crippen LogP contribution in [0.4, 0.5) is 11.4 Å². The van der Waals surface area contributed by atoms with E-state index in [9.17, 15) is 4.79 Å². The topological polar surface area (TPSA) is 64.9 Å². The van der Waals surface area contributed by atoms with Crippen molar-refractivity contribution in [3.05, 3.63) is 69.3 Å². The summed E-state index contributed by atoms with van der Waals surface area (Å²) in [6.45, 7) is 0. The summed E-state index contributed by atoms with van der Waals surface area (Å²) in [5, 5.41) is 15.8. The molecule has 0 spiro atoms. The van der Waals surface area contributed by atoms with Gasteiger partial charge in [0.2, 0.25) is 0 Å². The van der Waals surface area contributed by atoms with Crippen LogP contribution in [-0.2, 0) is 4.79 Å². The van der Waals surface area contributed by atoms with Crippen molar-refractivity contribution < 1.29 is 4.79 Å². The SMILES string of the molecule is N#CC(=CNc1ccc(Cl)c(Cl)c1)C(=O)Nc1cccc(Cl)c1. The van der Waals surface area contributed by atoms with Crippen molar-refractivity contribution >= 4 is 52.1 Å². The van der Waals surface area contributed by atoms with E-state index in [0.29, 0.717) is 26.4 Å². The summed E-state index contributed by atoms with van der Waals surface area (Å²) in [5.41, 5.74) is 0.997. The third kappa shape index (κ3) is 4.90. The second kappa shape index (κ2) is 7.89. The molecule has 0 saturated carbocycles. The zero-order valence-electron chi connectivity index (χ0n) is 11.6. The van der Waals surface area contributed by atoms with Crippen LogP contribution in [0.25, 0.3) is 0 Å². The Labute approximate surface area is 148 Å². The van der Waals surface area contributed by atoms with E-state index >= 15 is 0 Å². The molecule has 0 radical (unpaired) electrons. The van der Waals surface area contributed by atoms with Crippen LogP contribution in [0.3, 0.4) is 0 Å². The monoisotopic (exact) mass is 365 g/mol. The fraction of sp³-hybridized carbons (Fsp3) is 0. The van der Waals surface area contributed by atoms with Gasteiger partial charge in [-0.1, -0.05) is 40.9 Å². The largest absolute Gasteiger partial charge is 0.360 e. The number of amides is 1. The van der Waals surface area contributed by atoms with Crippen molar-refractivity contribution in [3.63, 3.8) is 0 Å². The molecule has 0 aliphatic rings. The number of nitrogens with one attached hydrogen (secondary N) is 2. The molecule has 0 aromatic heterocycles. The summed E-state index contributed by atoms with van der Waals surface area (Å²) in [7, 11) is 0. The fourth-order valence-electron chi connectivity index (χ4n) is 1.65. The average Bonchev–Trinajstić information content (AvgIpc) is 2.51. The summed E-state index contributed by atoms with van der Waals surface area (Å²) >= 11 is 17.6. The van der Waals surface area contributed by atoms with E-state index in [0.717, 1.165) is 0 Å².